The first-order valence-corrected chi connectivity index (χ1v) is 12.4. The first kappa shape index (κ1) is 46.4. The molecule has 0 fully saturated rings. The fraction of sp³-hybridized carbons (Fsp3) is 0.909. The smallest absolute Gasteiger partial charge is 0.460 e. The van der Waals surface area contributed by atoms with E-state index in [9.17, 15) is 106 Å². The van der Waals surface area contributed by atoms with E-state index in [0.717, 1.165) is 21.1 Å². The number of alkyl halides is 22. The summed E-state index contributed by atoms with van der Waals surface area (Å²) >= 11 is 0. The largest absolute Gasteiger partial charge is 0.465 e. The molecule has 0 spiro atoms. The number of halogens is 22. The molecule has 0 bridgehead atoms. The summed E-state index contributed by atoms with van der Waals surface area (Å²) in [6, 6.07) is -1.87. The lowest BCUT2D eigenvalue weighted by Gasteiger charge is -2.39. The summed E-state index contributed by atoms with van der Waals surface area (Å²) in [6.45, 7) is -4.09. The van der Waals surface area contributed by atoms with E-state index < -0.39 is 121 Å². The molecule has 1 atom stereocenters. The Kier molecular flexibility index (Phi) is 13.1. The molecule has 0 aromatic rings. The number of hydrogen-bond acceptors (Lipinski definition) is 4. The zero-order valence-electron chi connectivity index (χ0n) is 24.2. The van der Waals surface area contributed by atoms with Crippen LogP contribution in [-0.2, 0) is 19.1 Å². The van der Waals surface area contributed by atoms with Gasteiger partial charge in [-0.2, -0.15) is 96.6 Å². The first-order chi connectivity index (χ1) is 21.1. The molecule has 27 heteroatoms. The lowest BCUT2D eigenvalue weighted by Crippen LogP contribution is -2.70. The number of carbonyl (C=O) groups excluding carboxylic acids is 2. The van der Waals surface area contributed by atoms with Crippen molar-refractivity contribution in [3.63, 3.8) is 0 Å². The molecular weight excluding hydrogens is 760 g/mol. The lowest BCUT2D eigenvalue weighted by molar-refractivity contribution is -0.887. The molecule has 0 aromatic carbocycles. The van der Waals surface area contributed by atoms with Gasteiger partial charge in [0.05, 0.1) is 53.6 Å². The quantitative estimate of drug-likeness (QED) is 0.0856. The number of likely N-dealkylation sites (N-methyl/N-ethyl adjacent to an activating group) is 1. The van der Waals surface area contributed by atoms with Gasteiger partial charge in [0.2, 0.25) is 0 Å². The summed E-state index contributed by atoms with van der Waals surface area (Å²) in [5, 5.41) is 0. The van der Waals surface area contributed by atoms with Gasteiger partial charge in [0.25, 0.3) is 0 Å². The van der Waals surface area contributed by atoms with Gasteiger partial charge in [-0.1, -0.05) is 0 Å². The van der Waals surface area contributed by atoms with Gasteiger partial charge in [-0.25, -0.2) is 4.79 Å². The number of hydrogen-bond donors (Lipinski definition) is 0. The van der Waals surface area contributed by atoms with Crippen molar-refractivity contribution in [2.45, 2.75) is 91.5 Å². The number of carbonyl (C=O) groups is 2. The fourth-order valence-corrected chi connectivity index (χ4v) is 3.34. The molecule has 5 nitrogen and oxygen atoms in total. The van der Waals surface area contributed by atoms with E-state index >= 15 is 0 Å². The van der Waals surface area contributed by atoms with Crippen LogP contribution in [0.25, 0.3) is 0 Å². The predicted molar refractivity (Wildman–Crippen MR) is 114 cm³/mol. The summed E-state index contributed by atoms with van der Waals surface area (Å²) in [7, 11) is 3.10. The van der Waals surface area contributed by atoms with Crippen LogP contribution in [0, 0.1) is 0 Å². The first-order valence-electron chi connectivity index (χ1n) is 12.4. The van der Waals surface area contributed by atoms with E-state index in [1.165, 1.54) is 0 Å². The molecule has 0 aliphatic rings. The van der Waals surface area contributed by atoms with Crippen molar-refractivity contribution in [2.24, 2.45) is 0 Å². The predicted octanol–water partition coefficient (Wildman–Crippen LogP) is 7.92. The van der Waals surface area contributed by atoms with Crippen LogP contribution in [0.15, 0.2) is 0 Å². The Bertz CT molecular complexity index is 1160. The molecule has 0 saturated heterocycles. The van der Waals surface area contributed by atoms with Crippen molar-refractivity contribution in [3.05, 3.63) is 0 Å². The van der Waals surface area contributed by atoms with Crippen LogP contribution < -0.4 is 0 Å². The second-order valence-corrected chi connectivity index (χ2v) is 10.9. The topological polar surface area (TPSA) is 52.6 Å². The average molecular weight is 782 g/mol. The molecule has 0 N–H and O–H groups in total. The highest BCUT2D eigenvalue weighted by Crippen LogP contribution is 2.60. The Morgan fingerprint density at radius 3 is 1.14 bits per heavy atom. The summed E-state index contributed by atoms with van der Waals surface area (Å²) in [5.74, 6) is -62.5. The van der Waals surface area contributed by atoms with Gasteiger partial charge in [0, 0.05) is 6.42 Å². The zero-order chi connectivity index (χ0) is 39.9. The van der Waals surface area contributed by atoms with E-state index in [-0.39, 0.29) is 0 Å². The highest BCUT2D eigenvalue weighted by molar-refractivity contribution is 5.76. The van der Waals surface area contributed by atoms with E-state index in [0.29, 0.717) is 0 Å². The minimum atomic E-state index is -8.17. The van der Waals surface area contributed by atoms with Crippen LogP contribution in [0.4, 0.5) is 96.6 Å². The maximum atomic E-state index is 13.9. The van der Waals surface area contributed by atoms with Gasteiger partial charge in [0.1, 0.15) is 0 Å². The van der Waals surface area contributed by atoms with E-state index in [2.05, 4.69) is 9.47 Å². The Labute approximate surface area is 259 Å². The van der Waals surface area contributed by atoms with Crippen LogP contribution in [0.5, 0.6) is 0 Å². The normalized spacial score (nSPS) is 16.0. The number of nitrogens with zero attached hydrogens (tertiary/aromatic N) is 1. The van der Waals surface area contributed by atoms with Gasteiger partial charge in [-0.15, -0.1) is 0 Å². The van der Waals surface area contributed by atoms with Crippen molar-refractivity contribution in [1.29, 1.82) is 0 Å². The number of ether oxygens (including phenoxy) is 2. The second-order valence-electron chi connectivity index (χ2n) is 10.9. The standard InChI is InChI=1S/C22H22F22NO4/c1-45(2,3)10(4-5-11(46)48-8-6-14(25,26)16(29,30)19(35,36)21(39,40)41)12(47)49-9-7-13(23,24)15(27,28)17(31,32)18(33,34)20(37,38)22(42,43)44/h10H,4-9H2,1-3H3/q+1. The minimum Gasteiger partial charge on any atom is -0.465 e. The number of rotatable bonds is 17. The Morgan fingerprint density at radius 1 is 0.490 bits per heavy atom. The number of quaternary nitrogens is 1. The summed E-state index contributed by atoms with van der Waals surface area (Å²) < 4.78 is 294. The second kappa shape index (κ2) is 13.8. The maximum absolute atomic E-state index is 13.9. The lowest BCUT2D eigenvalue weighted by atomic mass is 9.93. The monoisotopic (exact) mass is 782 g/mol. The maximum Gasteiger partial charge on any atom is 0.460 e. The molecular formula is C22H22F22NO4+. The third kappa shape index (κ3) is 8.81. The third-order valence-corrected chi connectivity index (χ3v) is 6.38. The van der Waals surface area contributed by atoms with Gasteiger partial charge in [-0.3, -0.25) is 4.79 Å². The Balaban J connectivity index is 5.57. The summed E-state index contributed by atoms with van der Waals surface area (Å²) in [5.41, 5.74) is 0. The van der Waals surface area contributed by atoms with E-state index in [4.69, 9.17) is 0 Å². The van der Waals surface area contributed by atoms with Crippen LogP contribution in [0.1, 0.15) is 25.7 Å². The Morgan fingerprint density at radius 2 is 0.796 bits per heavy atom. The molecule has 0 amide bonds. The van der Waals surface area contributed by atoms with E-state index in [1.54, 1.807) is 0 Å². The molecule has 1 unspecified atom stereocenters. The molecule has 0 aliphatic heterocycles. The van der Waals surface area contributed by atoms with Crippen LogP contribution in [-0.4, -0.2) is 117 Å². The van der Waals surface area contributed by atoms with Crippen LogP contribution >= 0.6 is 0 Å². The minimum absolute atomic E-state index is 0.758. The van der Waals surface area contributed by atoms with Gasteiger partial charge in [0.15, 0.2) is 6.04 Å². The highest BCUT2D eigenvalue weighted by atomic mass is 19.4. The van der Waals surface area contributed by atoms with Crippen molar-refractivity contribution >= 4 is 11.9 Å². The average Bonchev–Trinajstić information content (AvgIpc) is 2.85. The summed E-state index contributed by atoms with van der Waals surface area (Å²) in [4.78, 5) is 24.1. The van der Waals surface area contributed by atoms with E-state index in [1.807, 2.05) is 0 Å². The molecule has 292 valence electrons. The van der Waals surface area contributed by atoms with Gasteiger partial charge >= 0.3 is 71.7 Å². The molecule has 0 aromatic heterocycles. The highest BCUT2D eigenvalue weighted by Gasteiger charge is 2.90. The van der Waals surface area contributed by atoms with Crippen molar-refractivity contribution in [3.8, 4) is 0 Å². The fourth-order valence-electron chi connectivity index (χ4n) is 3.34. The van der Waals surface area contributed by atoms with Crippen LogP contribution in [0.3, 0.4) is 0 Å². The molecule has 49 heavy (non-hydrogen) atoms. The van der Waals surface area contributed by atoms with Crippen LogP contribution in [0.2, 0.25) is 0 Å². The third-order valence-electron chi connectivity index (χ3n) is 6.38. The molecule has 0 saturated carbocycles. The molecule has 0 radical (unpaired) electrons. The van der Waals surface area contributed by atoms with Crippen molar-refractivity contribution in [2.75, 3.05) is 34.4 Å². The number of esters is 2. The van der Waals surface area contributed by atoms with Gasteiger partial charge < -0.3 is 14.0 Å². The van der Waals surface area contributed by atoms with Gasteiger partial charge in [-0.05, 0) is 0 Å². The molecule has 0 heterocycles. The Hall–Kier alpha value is -2.64. The summed E-state index contributed by atoms with van der Waals surface area (Å²) in [6.07, 6.45) is -22.5. The SMILES string of the molecule is C[N+](C)(C)C(CCC(=O)OCCC(F)(F)C(F)(F)C(F)(F)C(F)(F)F)C(=O)OCCC(F)(F)C(F)(F)C(F)(F)C(F)(F)C(F)(F)C(F)(F)F. The van der Waals surface area contributed by atoms with Crippen molar-refractivity contribution in [1.82, 2.24) is 0 Å². The molecule has 0 aliphatic carbocycles. The molecule has 0 rings (SSSR count). The van der Waals surface area contributed by atoms with Crippen molar-refractivity contribution < 1.29 is 120 Å². The zero-order valence-corrected chi connectivity index (χ0v) is 24.2.